The number of nitrogens with one attached hydrogen (secondary N) is 1. The molecule has 0 spiro atoms. The second-order valence-electron chi connectivity index (χ2n) is 7.33. The summed E-state index contributed by atoms with van der Waals surface area (Å²) in [6.07, 6.45) is 4.87. The van der Waals surface area contributed by atoms with Crippen LogP contribution in [0.5, 0.6) is 0 Å². The molecule has 1 amide bonds. The average Bonchev–Trinajstić information content (AvgIpc) is 2.78. The van der Waals surface area contributed by atoms with Crippen LogP contribution in [0.3, 0.4) is 0 Å². The Morgan fingerprint density at radius 3 is 2.91 bits per heavy atom. The molecule has 2 heterocycles. The van der Waals surface area contributed by atoms with Gasteiger partial charge in [-0.2, -0.15) is 5.11 Å². The van der Waals surface area contributed by atoms with Crippen molar-refractivity contribution in [2.24, 2.45) is 10.2 Å². The molecule has 1 aromatic carbocycles. The Morgan fingerprint density at radius 2 is 2.19 bits per heavy atom. The van der Waals surface area contributed by atoms with Crippen molar-refractivity contribution in [3.63, 3.8) is 0 Å². The van der Waals surface area contributed by atoms with E-state index in [1.807, 2.05) is 18.2 Å². The van der Waals surface area contributed by atoms with Crippen LogP contribution in [0.15, 0.2) is 51.7 Å². The minimum absolute atomic E-state index is 0.0872. The van der Waals surface area contributed by atoms with Gasteiger partial charge in [0.1, 0.15) is 5.03 Å². The third-order valence-corrected chi connectivity index (χ3v) is 6.48. The number of hydrogen-bond acceptors (Lipinski definition) is 7. The van der Waals surface area contributed by atoms with Crippen LogP contribution in [-0.4, -0.2) is 66.0 Å². The van der Waals surface area contributed by atoms with Gasteiger partial charge in [0.05, 0.1) is 34.6 Å². The summed E-state index contributed by atoms with van der Waals surface area (Å²) < 4.78 is 5.78. The Bertz CT molecular complexity index is 925. The number of ether oxygens (including phenoxy) is 1. The van der Waals surface area contributed by atoms with Crippen molar-refractivity contribution in [2.75, 3.05) is 32.0 Å². The van der Waals surface area contributed by atoms with Gasteiger partial charge in [0.2, 0.25) is 5.91 Å². The number of carbonyl (C=O) groups is 2. The maximum absolute atomic E-state index is 12.2. The van der Waals surface area contributed by atoms with E-state index in [1.165, 1.54) is 17.8 Å². The summed E-state index contributed by atoms with van der Waals surface area (Å²) in [6.45, 7) is 3.28. The molecule has 2 atom stereocenters. The lowest BCUT2D eigenvalue weighted by Crippen LogP contribution is -2.47. The average molecular weight is 499 g/mol. The standard InChI is InChI=1S/C21H24Cl2N4O4S/c22-17-4-1-14(9-18(17)23)11-27-7-8-31-16(12-27)10-24-19(28)13-32-20-5-2-15(25-26-20)3-6-21(29)30/h1,3-6,9,15-16H,2,7-8,10-13H2,(H,24,28)(H,29,30)/b6-3+/t15?,16-/m0/s1. The normalized spacial score (nSPS) is 21.5. The van der Waals surface area contributed by atoms with Crippen LogP contribution in [0.2, 0.25) is 10.0 Å². The van der Waals surface area contributed by atoms with Crippen molar-refractivity contribution < 1.29 is 19.4 Å². The third-order valence-electron chi connectivity index (χ3n) is 4.79. The predicted molar refractivity (Wildman–Crippen MR) is 125 cm³/mol. The van der Waals surface area contributed by atoms with Crippen molar-refractivity contribution in [2.45, 2.75) is 25.1 Å². The van der Waals surface area contributed by atoms with Crippen molar-refractivity contribution in [3.8, 4) is 0 Å². The molecule has 2 aliphatic heterocycles. The molecule has 1 unspecified atom stereocenters. The highest BCUT2D eigenvalue weighted by Crippen LogP contribution is 2.25. The predicted octanol–water partition coefficient (Wildman–Crippen LogP) is 3.75. The highest BCUT2D eigenvalue weighted by Gasteiger charge is 2.21. The van der Waals surface area contributed by atoms with Crippen LogP contribution in [0, 0.1) is 0 Å². The highest BCUT2D eigenvalue weighted by atomic mass is 35.5. The molecule has 0 aromatic heterocycles. The zero-order valence-electron chi connectivity index (χ0n) is 17.2. The number of benzene rings is 1. The minimum Gasteiger partial charge on any atom is -0.478 e. The Kier molecular flexibility index (Phi) is 9.55. The van der Waals surface area contributed by atoms with Gasteiger partial charge < -0.3 is 15.2 Å². The molecule has 0 radical (unpaired) electrons. The molecule has 1 saturated heterocycles. The summed E-state index contributed by atoms with van der Waals surface area (Å²) in [5.41, 5.74) is 1.08. The van der Waals surface area contributed by atoms with Crippen LogP contribution >= 0.6 is 35.0 Å². The molecule has 1 aromatic rings. The van der Waals surface area contributed by atoms with E-state index in [0.717, 1.165) is 24.7 Å². The number of carboxylic acid groups (broad SMARTS) is 1. The first-order valence-corrected chi connectivity index (χ1v) is 11.8. The van der Waals surface area contributed by atoms with Gasteiger partial charge in [-0.3, -0.25) is 9.69 Å². The lowest BCUT2D eigenvalue weighted by atomic mass is 10.2. The number of halogens is 2. The number of amides is 1. The van der Waals surface area contributed by atoms with E-state index in [1.54, 1.807) is 6.07 Å². The van der Waals surface area contributed by atoms with E-state index in [2.05, 4.69) is 20.4 Å². The van der Waals surface area contributed by atoms with E-state index in [0.29, 0.717) is 41.2 Å². The van der Waals surface area contributed by atoms with Gasteiger partial charge in [-0.05, 0) is 30.2 Å². The molecule has 1 fully saturated rings. The van der Waals surface area contributed by atoms with E-state index < -0.39 is 5.97 Å². The van der Waals surface area contributed by atoms with Gasteiger partial charge >= 0.3 is 5.97 Å². The number of aliphatic carboxylic acids is 1. The number of carbonyl (C=O) groups excluding carboxylic acids is 1. The maximum atomic E-state index is 12.2. The number of nitrogens with zero attached hydrogens (tertiary/aromatic N) is 3. The number of morpholine rings is 1. The van der Waals surface area contributed by atoms with Gasteiger partial charge in [-0.1, -0.05) is 47.1 Å². The first kappa shape index (κ1) is 24.7. The van der Waals surface area contributed by atoms with Gasteiger partial charge in [0, 0.05) is 32.3 Å². The lowest BCUT2D eigenvalue weighted by Gasteiger charge is -2.33. The first-order valence-electron chi connectivity index (χ1n) is 10.1. The molecule has 0 bridgehead atoms. The van der Waals surface area contributed by atoms with E-state index >= 15 is 0 Å². The Labute approximate surface area is 200 Å². The monoisotopic (exact) mass is 498 g/mol. The van der Waals surface area contributed by atoms with Gasteiger partial charge in [0.25, 0.3) is 0 Å². The number of rotatable bonds is 9. The summed E-state index contributed by atoms with van der Waals surface area (Å²) >= 11 is 13.4. The quantitative estimate of drug-likeness (QED) is 0.502. The fourth-order valence-electron chi connectivity index (χ4n) is 3.20. The third kappa shape index (κ3) is 8.22. The van der Waals surface area contributed by atoms with Crippen LogP contribution in [0.1, 0.15) is 12.0 Å². The van der Waals surface area contributed by atoms with Gasteiger partial charge in [0.15, 0.2) is 0 Å². The summed E-state index contributed by atoms with van der Waals surface area (Å²) in [4.78, 5) is 25.0. The fourth-order valence-corrected chi connectivity index (χ4v) is 4.22. The molecular weight excluding hydrogens is 475 g/mol. The van der Waals surface area contributed by atoms with E-state index in [9.17, 15) is 9.59 Å². The number of azo groups is 1. The molecule has 3 rings (SSSR count). The smallest absolute Gasteiger partial charge is 0.328 e. The second-order valence-corrected chi connectivity index (χ2v) is 9.14. The highest BCUT2D eigenvalue weighted by molar-refractivity contribution is 8.03. The molecule has 8 nitrogen and oxygen atoms in total. The lowest BCUT2D eigenvalue weighted by molar-refractivity contribution is -0.131. The van der Waals surface area contributed by atoms with Gasteiger partial charge in [-0.15, -0.1) is 5.11 Å². The van der Waals surface area contributed by atoms with Gasteiger partial charge in [-0.25, -0.2) is 4.79 Å². The Hall–Kier alpha value is -1.91. The molecule has 2 aliphatic rings. The number of carboxylic acids is 1. The second kappa shape index (κ2) is 12.4. The molecule has 11 heteroatoms. The van der Waals surface area contributed by atoms with Crippen LogP contribution in [0.25, 0.3) is 0 Å². The van der Waals surface area contributed by atoms with Crippen molar-refractivity contribution in [1.82, 2.24) is 10.2 Å². The van der Waals surface area contributed by atoms with Crippen molar-refractivity contribution in [1.29, 1.82) is 0 Å². The van der Waals surface area contributed by atoms with Crippen molar-refractivity contribution >= 4 is 46.8 Å². The molecule has 32 heavy (non-hydrogen) atoms. The van der Waals surface area contributed by atoms with E-state index in [-0.39, 0.29) is 23.8 Å². The SMILES string of the molecule is O=C(O)/C=C/C1CC=C(SCC(=O)NC[C@H]2CN(Cc3ccc(Cl)c(Cl)c3)CCO2)N=N1. The Balaban J connectivity index is 1.36. The zero-order chi connectivity index (χ0) is 22.9. The molecular formula is C21H24Cl2N4O4S. The summed E-state index contributed by atoms with van der Waals surface area (Å²) in [6, 6.07) is 5.35. The van der Waals surface area contributed by atoms with E-state index in [4.69, 9.17) is 33.0 Å². The largest absolute Gasteiger partial charge is 0.478 e. The summed E-state index contributed by atoms with van der Waals surface area (Å²) in [5, 5.41) is 21.4. The number of hydrogen-bond donors (Lipinski definition) is 2. The molecule has 0 saturated carbocycles. The minimum atomic E-state index is -1.01. The summed E-state index contributed by atoms with van der Waals surface area (Å²) in [5.74, 6) is -0.898. The first-order chi connectivity index (χ1) is 15.4. The maximum Gasteiger partial charge on any atom is 0.328 e. The molecule has 0 aliphatic carbocycles. The Morgan fingerprint density at radius 1 is 1.34 bits per heavy atom. The topological polar surface area (TPSA) is 104 Å². The van der Waals surface area contributed by atoms with Crippen LogP contribution < -0.4 is 5.32 Å². The molecule has 172 valence electrons. The number of thioether (sulfide) groups is 1. The van der Waals surface area contributed by atoms with Crippen LogP contribution in [-0.2, 0) is 20.9 Å². The zero-order valence-corrected chi connectivity index (χ0v) is 19.6. The van der Waals surface area contributed by atoms with Crippen molar-refractivity contribution in [3.05, 3.63) is 57.1 Å². The summed E-state index contributed by atoms with van der Waals surface area (Å²) in [7, 11) is 0. The molecule has 2 N–H and O–H groups in total. The fraction of sp³-hybridized carbons (Fsp3) is 0.429. The van der Waals surface area contributed by atoms with Crippen LogP contribution in [0.4, 0.5) is 0 Å².